The fourth-order valence-corrected chi connectivity index (χ4v) is 4.24. The van der Waals surface area contributed by atoms with Gasteiger partial charge < -0.3 is 5.32 Å². The van der Waals surface area contributed by atoms with E-state index in [4.69, 9.17) is 0 Å². The highest BCUT2D eigenvalue weighted by Gasteiger charge is 2.29. The largest absolute Gasteiger partial charge is 0.334 e. The van der Waals surface area contributed by atoms with Gasteiger partial charge in [-0.2, -0.15) is 5.10 Å². The third-order valence-corrected chi connectivity index (χ3v) is 6.58. The Bertz CT molecular complexity index is 1460. The molecule has 5 amide bonds. The standard InChI is InChI=1S/C24H21N5O6S/c1-36(34,35)19(25-21(30)16-10-6-3-7-11-16)14-29-13-17(20(28-29)15-8-4-2-5-9-15)12-18-22(31)26-24(33)27-23(18)32/h2-13,19H,14H2,1H3,(H,25,30)(H2,26,27,31,32,33). The summed E-state index contributed by atoms with van der Waals surface area (Å²) < 4.78 is 26.3. The maximum atomic E-state index is 12.6. The van der Waals surface area contributed by atoms with Crippen LogP contribution < -0.4 is 16.0 Å². The molecule has 1 aliphatic rings. The smallest absolute Gasteiger partial charge is 0.328 e. The number of hydrogen-bond acceptors (Lipinski definition) is 7. The van der Waals surface area contributed by atoms with E-state index < -0.39 is 39.0 Å². The van der Waals surface area contributed by atoms with Gasteiger partial charge in [-0.1, -0.05) is 48.5 Å². The van der Waals surface area contributed by atoms with Crippen molar-refractivity contribution in [2.75, 3.05) is 6.26 Å². The van der Waals surface area contributed by atoms with Crippen LogP contribution in [0.3, 0.4) is 0 Å². The van der Waals surface area contributed by atoms with Crippen LogP contribution in [-0.4, -0.2) is 53.6 Å². The molecule has 1 aromatic heterocycles. The van der Waals surface area contributed by atoms with Crippen LogP contribution in [-0.2, 0) is 26.0 Å². The summed E-state index contributed by atoms with van der Waals surface area (Å²) in [5, 5.41) is 9.69. The number of rotatable bonds is 7. The molecule has 1 unspecified atom stereocenters. The Labute approximate surface area is 206 Å². The van der Waals surface area contributed by atoms with Gasteiger partial charge in [0.2, 0.25) is 0 Å². The lowest BCUT2D eigenvalue weighted by Gasteiger charge is -2.17. The molecule has 1 atom stereocenters. The van der Waals surface area contributed by atoms with Crippen molar-refractivity contribution in [3.63, 3.8) is 0 Å². The first-order chi connectivity index (χ1) is 17.1. The summed E-state index contributed by atoms with van der Waals surface area (Å²) in [7, 11) is -3.76. The molecule has 0 saturated carbocycles. The van der Waals surface area contributed by atoms with Crippen LogP contribution in [0.4, 0.5) is 4.79 Å². The van der Waals surface area contributed by atoms with Crippen LogP contribution in [0.2, 0.25) is 0 Å². The van der Waals surface area contributed by atoms with Gasteiger partial charge in [0.05, 0.1) is 12.2 Å². The number of carbonyl (C=O) groups excluding carboxylic acids is 4. The molecule has 3 aromatic rings. The zero-order chi connectivity index (χ0) is 25.9. The molecule has 2 heterocycles. The fourth-order valence-electron chi connectivity index (χ4n) is 3.50. The minimum atomic E-state index is -3.76. The maximum absolute atomic E-state index is 12.6. The number of nitrogens with zero attached hydrogens (tertiary/aromatic N) is 2. The van der Waals surface area contributed by atoms with E-state index in [-0.39, 0.29) is 12.1 Å². The molecule has 0 spiro atoms. The number of urea groups is 1. The summed E-state index contributed by atoms with van der Waals surface area (Å²) in [6, 6.07) is 16.1. The predicted molar refractivity (Wildman–Crippen MR) is 130 cm³/mol. The van der Waals surface area contributed by atoms with Crippen molar-refractivity contribution in [3.8, 4) is 11.3 Å². The van der Waals surface area contributed by atoms with Crippen molar-refractivity contribution >= 4 is 39.7 Å². The molecule has 11 nitrogen and oxygen atoms in total. The molecule has 3 N–H and O–H groups in total. The van der Waals surface area contributed by atoms with Crippen molar-refractivity contribution in [1.82, 2.24) is 25.7 Å². The molecule has 12 heteroatoms. The quantitative estimate of drug-likeness (QED) is 0.319. The number of barbiturate groups is 1. The Kier molecular flexibility index (Phi) is 6.79. The minimum Gasteiger partial charge on any atom is -0.334 e. The molecule has 0 aliphatic carbocycles. The molecular weight excluding hydrogens is 486 g/mol. The highest BCUT2D eigenvalue weighted by Crippen LogP contribution is 2.25. The van der Waals surface area contributed by atoms with Gasteiger partial charge in [-0.3, -0.25) is 29.7 Å². The van der Waals surface area contributed by atoms with Crippen molar-refractivity contribution in [2.24, 2.45) is 0 Å². The van der Waals surface area contributed by atoms with E-state index in [1.807, 2.05) is 10.6 Å². The zero-order valence-electron chi connectivity index (χ0n) is 19.0. The molecule has 0 radical (unpaired) electrons. The van der Waals surface area contributed by atoms with Gasteiger partial charge in [0.25, 0.3) is 17.7 Å². The van der Waals surface area contributed by atoms with Crippen LogP contribution in [0.25, 0.3) is 17.3 Å². The average molecular weight is 508 g/mol. The van der Waals surface area contributed by atoms with E-state index in [1.54, 1.807) is 60.7 Å². The van der Waals surface area contributed by atoms with Gasteiger partial charge in [0.1, 0.15) is 5.57 Å². The van der Waals surface area contributed by atoms with E-state index in [9.17, 15) is 27.6 Å². The topological polar surface area (TPSA) is 156 Å². The Hall–Kier alpha value is -4.58. The van der Waals surface area contributed by atoms with E-state index >= 15 is 0 Å². The number of amides is 5. The second-order valence-electron chi connectivity index (χ2n) is 7.97. The van der Waals surface area contributed by atoms with Crippen LogP contribution in [0.5, 0.6) is 0 Å². The van der Waals surface area contributed by atoms with Gasteiger partial charge in [0.15, 0.2) is 15.2 Å². The normalized spacial score (nSPS) is 14.6. The van der Waals surface area contributed by atoms with Gasteiger partial charge in [-0.15, -0.1) is 0 Å². The SMILES string of the molecule is CS(=O)(=O)C(Cn1cc(C=C2C(=O)NC(=O)NC2=O)c(-c2ccccc2)n1)NC(=O)c1ccccc1. The van der Waals surface area contributed by atoms with Gasteiger partial charge in [0, 0.05) is 29.1 Å². The second-order valence-corrected chi connectivity index (χ2v) is 10.2. The highest BCUT2D eigenvalue weighted by atomic mass is 32.2. The second kappa shape index (κ2) is 9.96. The van der Waals surface area contributed by atoms with Crippen molar-refractivity contribution in [3.05, 3.63) is 83.6 Å². The Morgan fingerprint density at radius 3 is 2.17 bits per heavy atom. The lowest BCUT2D eigenvalue weighted by molar-refractivity contribution is -0.123. The number of benzene rings is 2. The number of nitrogens with one attached hydrogen (secondary N) is 3. The van der Waals surface area contributed by atoms with E-state index in [2.05, 4.69) is 10.4 Å². The molecular formula is C24H21N5O6S. The number of hydrogen-bond donors (Lipinski definition) is 3. The number of aromatic nitrogens is 2. The first kappa shape index (κ1) is 24.5. The van der Waals surface area contributed by atoms with Crippen LogP contribution in [0, 0.1) is 0 Å². The van der Waals surface area contributed by atoms with E-state index in [0.29, 0.717) is 22.4 Å². The van der Waals surface area contributed by atoms with Crippen molar-refractivity contribution < 1.29 is 27.6 Å². The summed E-state index contributed by atoms with van der Waals surface area (Å²) in [6.07, 6.45) is 3.72. The van der Waals surface area contributed by atoms with Crippen LogP contribution in [0.1, 0.15) is 15.9 Å². The zero-order valence-corrected chi connectivity index (χ0v) is 19.8. The summed E-state index contributed by atoms with van der Waals surface area (Å²) in [4.78, 5) is 48.4. The number of sulfone groups is 1. The molecule has 1 fully saturated rings. The molecule has 2 aromatic carbocycles. The van der Waals surface area contributed by atoms with Gasteiger partial charge in [-0.05, 0) is 18.2 Å². The Morgan fingerprint density at radius 1 is 1.00 bits per heavy atom. The summed E-state index contributed by atoms with van der Waals surface area (Å²) in [5.41, 5.74) is 1.31. The van der Waals surface area contributed by atoms with Gasteiger partial charge >= 0.3 is 6.03 Å². The third kappa shape index (κ3) is 5.55. The monoisotopic (exact) mass is 507 g/mol. The number of imide groups is 2. The van der Waals surface area contributed by atoms with Crippen molar-refractivity contribution in [2.45, 2.75) is 11.9 Å². The first-order valence-electron chi connectivity index (χ1n) is 10.7. The predicted octanol–water partition coefficient (Wildman–Crippen LogP) is 1.10. The Morgan fingerprint density at radius 2 is 1.58 bits per heavy atom. The first-order valence-corrected chi connectivity index (χ1v) is 12.6. The molecule has 36 heavy (non-hydrogen) atoms. The lowest BCUT2D eigenvalue weighted by atomic mass is 10.0. The third-order valence-electron chi connectivity index (χ3n) is 5.28. The number of carbonyl (C=O) groups is 4. The van der Waals surface area contributed by atoms with E-state index in [0.717, 1.165) is 6.26 Å². The Balaban J connectivity index is 1.71. The highest BCUT2D eigenvalue weighted by molar-refractivity contribution is 7.91. The lowest BCUT2D eigenvalue weighted by Crippen LogP contribution is -2.51. The molecule has 1 aliphatic heterocycles. The summed E-state index contributed by atoms with van der Waals surface area (Å²) in [6.45, 7) is -0.239. The molecule has 0 bridgehead atoms. The average Bonchev–Trinajstić information content (AvgIpc) is 3.24. The van der Waals surface area contributed by atoms with E-state index in [1.165, 1.54) is 17.0 Å². The fraction of sp³-hybridized carbons (Fsp3) is 0.125. The molecule has 4 rings (SSSR count). The minimum absolute atomic E-state index is 0.239. The maximum Gasteiger partial charge on any atom is 0.328 e. The molecule has 184 valence electrons. The van der Waals surface area contributed by atoms with Crippen LogP contribution >= 0.6 is 0 Å². The van der Waals surface area contributed by atoms with Gasteiger partial charge in [-0.25, -0.2) is 13.2 Å². The summed E-state index contributed by atoms with van der Waals surface area (Å²) >= 11 is 0. The molecule has 1 saturated heterocycles. The van der Waals surface area contributed by atoms with Crippen molar-refractivity contribution in [1.29, 1.82) is 0 Å². The van der Waals surface area contributed by atoms with Crippen LogP contribution in [0.15, 0.2) is 72.4 Å². The summed E-state index contributed by atoms with van der Waals surface area (Å²) in [5.74, 6) is -2.32.